The number of anilines is 2. The van der Waals surface area contributed by atoms with E-state index in [0.29, 0.717) is 16.4 Å². The molecule has 0 fully saturated rings. The molecule has 1 amide bonds. The van der Waals surface area contributed by atoms with Crippen LogP contribution in [-0.4, -0.2) is 15.7 Å². The largest absolute Gasteiger partial charge is 0.398 e. The fraction of sp³-hybridized carbons (Fsp3) is 0.231. The molecule has 1 aromatic carbocycles. The van der Waals surface area contributed by atoms with E-state index in [-0.39, 0.29) is 17.5 Å². The van der Waals surface area contributed by atoms with E-state index in [2.05, 4.69) is 10.4 Å². The molecule has 3 N–H and O–H groups in total. The summed E-state index contributed by atoms with van der Waals surface area (Å²) in [6.07, 6.45) is 3.35. The number of carbonyl (C=O) groups is 1. The fourth-order valence-corrected chi connectivity index (χ4v) is 1.93. The number of nitrogen functional groups attached to an aromatic ring is 1. The Labute approximate surface area is 116 Å². The first-order valence-corrected chi connectivity index (χ1v) is 6.26. The maximum Gasteiger partial charge on any atom is 0.259 e. The van der Waals surface area contributed by atoms with Gasteiger partial charge in [0, 0.05) is 17.9 Å². The smallest absolute Gasteiger partial charge is 0.259 e. The van der Waals surface area contributed by atoms with E-state index in [1.54, 1.807) is 35.3 Å². The predicted octanol–water partition coefficient (Wildman–Crippen LogP) is 2.95. The van der Waals surface area contributed by atoms with Crippen molar-refractivity contribution in [1.29, 1.82) is 0 Å². The van der Waals surface area contributed by atoms with Gasteiger partial charge in [-0.15, -0.1) is 0 Å². The standard InChI is InChI=1S/C13H15ClN4O/c1-8(2)18-7-9(6-16-18)17-13(19)12-10(14)4-3-5-11(12)15/h3-8H,15H2,1-2H3,(H,17,19). The van der Waals surface area contributed by atoms with Crippen LogP contribution in [0.3, 0.4) is 0 Å². The highest BCUT2D eigenvalue weighted by atomic mass is 35.5. The molecule has 0 spiro atoms. The van der Waals surface area contributed by atoms with Crippen molar-refractivity contribution in [1.82, 2.24) is 9.78 Å². The minimum atomic E-state index is -0.341. The monoisotopic (exact) mass is 278 g/mol. The molecule has 0 atom stereocenters. The molecule has 1 heterocycles. The third-order valence-corrected chi connectivity index (χ3v) is 2.98. The highest BCUT2D eigenvalue weighted by Crippen LogP contribution is 2.23. The van der Waals surface area contributed by atoms with Gasteiger partial charge in [0.2, 0.25) is 0 Å². The van der Waals surface area contributed by atoms with E-state index in [9.17, 15) is 4.79 Å². The number of nitrogens with two attached hydrogens (primary N) is 1. The maximum absolute atomic E-state index is 12.1. The van der Waals surface area contributed by atoms with E-state index in [4.69, 9.17) is 17.3 Å². The van der Waals surface area contributed by atoms with Crippen LogP contribution in [0.5, 0.6) is 0 Å². The average molecular weight is 279 g/mol. The van der Waals surface area contributed by atoms with Gasteiger partial charge in [0.15, 0.2) is 0 Å². The van der Waals surface area contributed by atoms with Crippen LogP contribution in [0.15, 0.2) is 30.6 Å². The van der Waals surface area contributed by atoms with Crippen molar-refractivity contribution >= 4 is 28.9 Å². The van der Waals surface area contributed by atoms with Gasteiger partial charge in [-0.3, -0.25) is 9.48 Å². The molecule has 19 heavy (non-hydrogen) atoms. The molecule has 0 bridgehead atoms. The lowest BCUT2D eigenvalue weighted by Crippen LogP contribution is -2.14. The Hall–Kier alpha value is -2.01. The molecule has 5 nitrogen and oxygen atoms in total. The number of hydrogen-bond acceptors (Lipinski definition) is 3. The van der Waals surface area contributed by atoms with Crippen LogP contribution in [0, 0.1) is 0 Å². The normalized spacial score (nSPS) is 10.7. The number of amides is 1. The second-order valence-corrected chi connectivity index (χ2v) is 4.87. The van der Waals surface area contributed by atoms with E-state index < -0.39 is 0 Å². The van der Waals surface area contributed by atoms with Crippen molar-refractivity contribution in [3.8, 4) is 0 Å². The lowest BCUT2D eigenvalue weighted by atomic mass is 10.1. The van der Waals surface area contributed by atoms with Gasteiger partial charge < -0.3 is 11.1 Å². The van der Waals surface area contributed by atoms with Gasteiger partial charge in [-0.2, -0.15) is 5.10 Å². The lowest BCUT2D eigenvalue weighted by Gasteiger charge is -2.07. The Bertz CT molecular complexity index is 586. The third kappa shape index (κ3) is 2.88. The van der Waals surface area contributed by atoms with Gasteiger partial charge in [-0.1, -0.05) is 17.7 Å². The highest BCUT2D eigenvalue weighted by Gasteiger charge is 2.14. The zero-order chi connectivity index (χ0) is 14.0. The first-order chi connectivity index (χ1) is 8.99. The van der Waals surface area contributed by atoms with E-state index in [1.807, 2.05) is 13.8 Å². The Morgan fingerprint density at radius 1 is 1.47 bits per heavy atom. The van der Waals surface area contributed by atoms with Crippen LogP contribution in [0.4, 0.5) is 11.4 Å². The highest BCUT2D eigenvalue weighted by molar-refractivity contribution is 6.35. The number of halogens is 1. The topological polar surface area (TPSA) is 72.9 Å². The van der Waals surface area contributed by atoms with E-state index in [0.717, 1.165) is 0 Å². The summed E-state index contributed by atoms with van der Waals surface area (Å²) in [5.74, 6) is -0.341. The predicted molar refractivity (Wildman–Crippen MR) is 76.4 cm³/mol. The number of benzene rings is 1. The number of carbonyl (C=O) groups excluding carboxylic acids is 1. The van der Waals surface area contributed by atoms with Gasteiger partial charge in [-0.25, -0.2) is 0 Å². The summed E-state index contributed by atoms with van der Waals surface area (Å²) < 4.78 is 1.76. The number of hydrogen-bond donors (Lipinski definition) is 2. The van der Waals surface area contributed by atoms with E-state index in [1.165, 1.54) is 0 Å². The number of nitrogens with one attached hydrogen (secondary N) is 1. The molecular weight excluding hydrogens is 264 g/mol. The maximum atomic E-state index is 12.1. The Morgan fingerprint density at radius 2 is 2.21 bits per heavy atom. The van der Waals surface area contributed by atoms with Crippen molar-refractivity contribution < 1.29 is 4.79 Å². The summed E-state index contributed by atoms with van der Waals surface area (Å²) in [4.78, 5) is 12.1. The van der Waals surface area contributed by atoms with E-state index >= 15 is 0 Å². The zero-order valence-corrected chi connectivity index (χ0v) is 11.5. The van der Waals surface area contributed by atoms with Crippen molar-refractivity contribution in [3.05, 3.63) is 41.2 Å². The second-order valence-electron chi connectivity index (χ2n) is 4.46. The Kier molecular flexibility index (Phi) is 3.76. The number of aromatic nitrogens is 2. The van der Waals surface area contributed by atoms with Crippen LogP contribution in [0.25, 0.3) is 0 Å². The molecule has 1 aromatic heterocycles. The molecule has 0 saturated carbocycles. The summed E-state index contributed by atoms with van der Waals surface area (Å²) in [7, 11) is 0. The second kappa shape index (κ2) is 5.32. The van der Waals surface area contributed by atoms with Crippen molar-refractivity contribution in [2.75, 3.05) is 11.1 Å². The van der Waals surface area contributed by atoms with Crippen molar-refractivity contribution in [2.45, 2.75) is 19.9 Å². The molecule has 2 rings (SSSR count). The summed E-state index contributed by atoms with van der Waals surface area (Å²) in [6, 6.07) is 5.20. The minimum Gasteiger partial charge on any atom is -0.398 e. The first kappa shape index (κ1) is 13.4. The van der Waals surface area contributed by atoms with Crippen molar-refractivity contribution in [3.63, 3.8) is 0 Å². The first-order valence-electron chi connectivity index (χ1n) is 5.88. The van der Waals surface area contributed by atoms with Gasteiger partial charge in [-0.05, 0) is 26.0 Å². The van der Waals surface area contributed by atoms with Crippen LogP contribution in [-0.2, 0) is 0 Å². The zero-order valence-electron chi connectivity index (χ0n) is 10.7. The van der Waals surface area contributed by atoms with Crippen LogP contribution >= 0.6 is 11.6 Å². The minimum absolute atomic E-state index is 0.232. The molecule has 0 saturated heterocycles. The quantitative estimate of drug-likeness (QED) is 0.848. The molecule has 6 heteroatoms. The third-order valence-electron chi connectivity index (χ3n) is 2.66. The summed E-state index contributed by atoms with van der Waals surface area (Å²) in [6.45, 7) is 4.01. The molecular formula is C13H15ClN4O. The van der Waals surface area contributed by atoms with Gasteiger partial charge >= 0.3 is 0 Å². The molecule has 2 aromatic rings. The van der Waals surface area contributed by atoms with Gasteiger partial charge in [0.25, 0.3) is 5.91 Å². The lowest BCUT2D eigenvalue weighted by molar-refractivity contribution is 0.102. The van der Waals surface area contributed by atoms with Crippen LogP contribution < -0.4 is 11.1 Å². The van der Waals surface area contributed by atoms with Crippen LogP contribution in [0.2, 0.25) is 5.02 Å². The average Bonchev–Trinajstić information content (AvgIpc) is 2.77. The Morgan fingerprint density at radius 3 is 2.79 bits per heavy atom. The molecule has 0 radical (unpaired) electrons. The van der Waals surface area contributed by atoms with Gasteiger partial charge in [0.05, 0.1) is 22.5 Å². The summed E-state index contributed by atoms with van der Waals surface area (Å²) in [5, 5.41) is 7.20. The molecule has 0 aliphatic rings. The van der Waals surface area contributed by atoms with Crippen LogP contribution in [0.1, 0.15) is 30.2 Å². The summed E-state index contributed by atoms with van der Waals surface area (Å²) in [5.41, 5.74) is 7.00. The molecule has 0 aliphatic heterocycles. The molecule has 100 valence electrons. The molecule has 0 aliphatic carbocycles. The fourth-order valence-electron chi connectivity index (χ4n) is 1.66. The number of rotatable bonds is 3. The van der Waals surface area contributed by atoms with Gasteiger partial charge in [0.1, 0.15) is 0 Å². The Balaban J connectivity index is 2.21. The summed E-state index contributed by atoms with van der Waals surface area (Å²) >= 11 is 5.98. The van der Waals surface area contributed by atoms with Crippen molar-refractivity contribution in [2.24, 2.45) is 0 Å². The molecule has 0 unspecified atom stereocenters. The SMILES string of the molecule is CC(C)n1cc(NC(=O)c2c(N)cccc2Cl)cn1. The number of nitrogens with zero attached hydrogens (tertiary/aromatic N) is 2.